The molecule has 25 heavy (non-hydrogen) atoms. The van der Waals surface area contributed by atoms with Crippen LogP contribution in [0.1, 0.15) is 41.7 Å². The van der Waals surface area contributed by atoms with Gasteiger partial charge in [0.25, 0.3) is 0 Å². The first-order valence-electron chi connectivity index (χ1n) is 7.65. The maximum absolute atomic E-state index is 12.0. The minimum Gasteiger partial charge on any atom is -0.476 e. The number of rotatable bonds is 3. The highest BCUT2D eigenvalue weighted by Gasteiger charge is 2.28. The normalized spacial score (nSPS) is 15.0. The summed E-state index contributed by atoms with van der Waals surface area (Å²) in [5, 5.41) is 18.1. The topological polar surface area (TPSA) is 133 Å². The third-order valence-electron chi connectivity index (χ3n) is 3.42. The summed E-state index contributed by atoms with van der Waals surface area (Å²) in [7, 11) is 0. The summed E-state index contributed by atoms with van der Waals surface area (Å²) in [5.74, 6) is -2.66. The van der Waals surface area contributed by atoms with Gasteiger partial charge in [-0.25, -0.2) is 24.4 Å². The Morgan fingerprint density at radius 1 is 1.04 bits per heavy atom. The smallest absolute Gasteiger partial charge is 0.410 e. The quantitative estimate of drug-likeness (QED) is 0.814. The van der Waals surface area contributed by atoms with E-state index in [9.17, 15) is 14.4 Å². The number of carbonyl (C=O) groups is 3. The molecular formula is C15H20N4O6. The number of aromatic carboxylic acids is 2. The molecule has 2 rings (SSSR count). The second-order valence-electron chi connectivity index (χ2n) is 6.49. The number of carboxylic acid groups (broad SMARTS) is 2. The van der Waals surface area contributed by atoms with Crippen molar-refractivity contribution < 1.29 is 29.3 Å². The van der Waals surface area contributed by atoms with Crippen molar-refractivity contribution in [1.29, 1.82) is 0 Å². The van der Waals surface area contributed by atoms with E-state index in [1.54, 1.807) is 30.6 Å². The van der Waals surface area contributed by atoms with E-state index in [0.29, 0.717) is 26.2 Å². The number of nitrogens with zero attached hydrogens (tertiary/aromatic N) is 4. The first-order valence-corrected chi connectivity index (χ1v) is 7.65. The number of hydrogen-bond acceptors (Lipinski definition) is 7. The van der Waals surface area contributed by atoms with Gasteiger partial charge in [-0.05, 0) is 20.8 Å². The van der Waals surface area contributed by atoms with Gasteiger partial charge in [0.05, 0.1) is 6.20 Å². The molecule has 0 aliphatic carbocycles. The molecule has 1 amide bonds. The van der Waals surface area contributed by atoms with Crippen molar-refractivity contribution in [3.63, 3.8) is 0 Å². The molecule has 0 unspecified atom stereocenters. The third-order valence-corrected chi connectivity index (χ3v) is 3.42. The van der Waals surface area contributed by atoms with Crippen LogP contribution < -0.4 is 4.90 Å². The molecule has 1 saturated heterocycles. The molecule has 136 valence electrons. The van der Waals surface area contributed by atoms with Crippen LogP contribution in [0.25, 0.3) is 0 Å². The van der Waals surface area contributed by atoms with Gasteiger partial charge in [0.2, 0.25) is 0 Å². The molecule has 0 spiro atoms. The lowest BCUT2D eigenvalue weighted by Crippen LogP contribution is -2.50. The molecule has 0 saturated carbocycles. The number of carboxylic acids is 2. The molecular weight excluding hydrogens is 332 g/mol. The van der Waals surface area contributed by atoms with Crippen LogP contribution in [0.3, 0.4) is 0 Å². The molecule has 10 heteroatoms. The van der Waals surface area contributed by atoms with E-state index in [1.807, 2.05) is 0 Å². The molecule has 10 nitrogen and oxygen atoms in total. The first kappa shape index (κ1) is 18.4. The summed E-state index contributed by atoms with van der Waals surface area (Å²) in [6.07, 6.45) is 0.810. The molecule has 2 heterocycles. The fourth-order valence-electron chi connectivity index (χ4n) is 2.28. The summed E-state index contributed by atoms with van der Waals surface area (Å²) in [5.41, 5.74) is -1.80. The third kappa shape index (κ3) is 4.55. The zero-order chi connectivity index (χ0) is 18.8. The van der Waals surface area contributed by atoms with Gasteiger partial charge in [0, 0.05) is 26.2 Å². The molecule has 1 aliphatic heterocycles. The second kappa shape index (κ2) is 6.91. The van der Waals surface area contributed by atoms with E-state index < -0.39 is 35.0 Å². The van der Waals surface area contributed by atoms with Gasteiger partial charge >= 0.3 is 18.0 Å². The summed E-state index contributed by atoms with van der Waals surface area (Å²) >= 11 is 0. The standard InChI is InChI=1S/C15H20N4O6/c1-15(2,3)25-14(24)19-6-4-18(5-7-19)9-8-16-10(12(20)21)11(17-9)13(22)23/h8H,4-7H2,1-3H3,(H,20,21)(H,22,23). The summed E-state index contributed by atoms with van der Waals surface area (Å²) in [6, 6.07) is 0. The molecule has 1 fully saturated rings. The summed E-state index contributed by atoms with van der Waals surface area (Å²) < 4.78 is 5.31. The lowest BCUT2D eigenvalue weighted by atomic mass is 10.2. The van der Waals surface area contributed by atoms with Crippen LogP contribution >= 0.6 is 0 Å². The number of carbonyl (C=O) groups excluding carboxylic acids is 1. The second-order valence-corrected chi connectivity index (χ2v) is 6.49. The van der Waals surface area contributed by atoms with Crippen LogP contribution in [-0.2, 0) is 4.74 Å². The first-order chi connectivity index (χ1) is 11.6. The summed E-state index contributed by atoms with van der Waals surface area (Å²) in [4.78, 5) is 45.1. The van der Waals surface area contributed by atoms with Crippen molar-refractivity contribution in [3.05, 3.63) is 17.6 Å². The van der Waals surface area contributed by atoms with E-state index in [1.165, 1.54) is 6.20 Å². The number of piperazine rings is 1. The number of amides is 1. The van der Waals surface area contributed by atoms with Crippen molar-refractivity contribution in [2.24, 2.45) is 0 Å². The molecule has 1 aromatic rings. The molecule has 1 aliphatic rings. The Morgan fingerprint density at radius 2 is 1.60 bits per heavy atom. The van der Waals surface area contributed by atoms with Crippen molar-refractivity contribution in [2.75, 3.05) is 31.1 Å². The number of ether oxygens (including phenoxy) is 1. The van der Waals surface area contributed by atoms with E-state index >= 15 is 0 Å². The van der Waals surface area contributed by atoms with Crippen LogP contribution in [0.5, 0.6) is 0 Å². The van der Waals surface area contributed by atoms with Crippen molar-refractivity contribution >= 4 is 23.8 Å². The van der Waals surface area contributed by atoms with Gasteiger partial charge in [0.15, 0.2) is 11.4 Å². The number of hydrogen-bond donors (Lipinski definition) is 2. The molecule has 1 aromatic heterocycles. The van der Waals surface area contributed by atoms with Crippen LogP contribution in [0.2, 0.25) is 0 Å². The van der Waals surface area contributed by atoms with Crippen molar-refractivity contribution in [1.82, 2.24) is 14.9 Å². The Bertz CT molecular complexity index is 692. The van der Waals surface area contributed by atoms with Crippen LogP contribution in [0.15, 0.2) is 6.20 Å². The SMILES string of the molecule is CC(C)(C)OC(=O)N1CCN(c2cnc(C(=O)O)c(C(=O)O)n2)CC1. The number of aromatic nitrogens is 2. The number of anilines is 1. The molecule has 0 aromatic carbocycles. The van der Waals surface area contributed by atoms with Gasteiger partial charge in [-0.1, -0.05) is 0 Å². The van der Waals surface area contributed by atoms with Crippen LogP contribution in [0.4, 0.5) is 10.6 Å². The highest BCUT2D eigenvalue weighted by molar-refractivity contribution is 5.98. The monoisotopic (exact) mass is 352 g/mol. The fraction of sp³-hybridized carbons (Fsp3) is 0.533. The lowest BCUT2D eigenvalue weighted by molar-refractivity contribution is 0.0240. The fourth-order valence-corrected chi connectivity index (χ4v) is 2.28. The zero-order valence-corrected chi connectivity index (χ0v) is 14.2. The van der Waals surface area contributed by atoms with Crippen LogP contribution in [0, 0.1) is 0 Å². The minimum absolute atomic E-state index is 0.256. The minimum atomic E-state index is -1.46. The Labute approximate surface area is 144 Å². The van der Waals surface area contributed by atoms with Crippen molar-refractivity contribution in [2.45, 2.75) is 26.4 Å². The maximum Gasteiger partial charge on any atom is 0.410 e. The Hall–Kier alpha value is -2.91. The van der Waals surface area contributed by atoms with E-state index in [-0.39, 0.29) is 5.82 Å². The lowest BCUT2D eigenvalue weighted by Gasteiger charge is -2.36. The van der Waals surface area contributed by atoms with E-state index in [0.717, 1.165) is 0 Å². The Balaban J connectivity index is 2.08. The molecule has 0 bridgehead atoms. The molecule has 0 radical (unpaired) electrons. The summed E-state index contributed by atoms with van der Waals surface area (Å²) in [6.45, 7) is 6.91. The zero-order valence-electron chi connectivity index (χ0n) is 14.2. The largest absolute Gasteiger partial charge is 0.476 e. The van der Waals surface area contributed by atoms with Gasteiger partial charge in [-0.15, -0.1) is 0 Å². The average Bonchev–Trinajstić information content (AvgIpc) is 2.52. The van der Waals surface area contributed by atoms with Gasteiger partial charge in [-0.2, -0.15) is 0 Å². The van der Waals surface area contributed by atoms with Crippen LogP contribution in [-0.4, -0.2) is 74.9 Å². The van der Waals surface area contributed by atoms with Gasteiger partial charge in [-0.3, -0.25) is 0 Å². The van der Waals surface area contributed by atoms with Gasteiger partial charge < -0.3 is 24.7 Å². The Kier molecular flexibility index (Phi) is 5.10. The van der Waals surface area contributed by atoms with Crippen molar-refractivity contribution in [3.8, 4) is 0 Å². The Morgan fingerprint density at radius 3 is 2.08 bits per heavy atom. The predicted octanol–water partition coefficient (Wildman–Crippen LogP) is 0.930. The molecule has 2 N–H and O–H groups in total. The van der Waals surface area contributed by atoms with E-state index in [2.05, 4.69) is 9.97 Å². The highest BCUT2D eigenvalue weighted by atomic mass is 16.6. The maximum atomic E-state index is 12.0. The average molecular weight is 352 g/mol. The van der Waals surface area contributed by atoms with Gasteiger partial charge in [0.1, 0.15) is 11.4 Å². The highest BCUT2D eigenvalue weighted by Crippen LogP contribution is 2.17. The predicted molar refractivity (Wildman–Crippen MR) is 86.0 cm³/mol. The molecule has 0 atom stereocenters. The van der Waals surface area contributed by atoms with E-state index in [4.69, 9.17) is 14.9 Å².